The van der Waals surface area contributed by atoms with E-state index in [2.05, 4.69) is 11.9 Å². The van der Waals surface area contributed by atoms with Crippen LogP contribution in [-0.4, -0.2) is 10.7 Å². The fourth-order valence-corrected chi connectivity index (χ4v) is 2.27. The van der Waals surface area contributed by atoms with Gasteiger partial charge in [0.25, 0.3) is 5.56 Å². The first-order chi connectivity index (χ1) is 6.75. The van der Waals surface area contributed by atoms with E-state index in [9.17, 15) is 4.79 Å². The van der Waals surface area contributed by atoms with Gasteiger partial charge in [-0.15, -0.1) is 11.8 Å². The van der Waals surface area contributed by atoms with Gasteiger partial charge in [0.15, 0.2) is 0 Å². The van der Waals surface area contributed by atoms with Crippen molar-refractivity contribution >= 4 is 11.8 Å². The minimum atomic E-state index is 0.0329. The molecule has 0 fully saturated rings. The van der Waals surface area contributed by atoms with Crippen molar-refractivity contribution in [3.05, 3.63) is 28.2 Å². The lowest BCUT2D eigenvalue weighted by molar-refractivity contribution is 0.778. The number of hydrogen-bond donors (Lipinski definition) is 1. The Kier molecular flexibility index (Phi) is 4.80. The third kappa shape index (κ3) is 3.22. The highest BCUT2D eigenvalue weighted by molar-refractivity contribution is 7.99. The molecular formula is C11H17NOS. The van der Waals surface area contributed by atoms with Crippen LogP contribution in [-0.2, 0) is 0 Å². The van der Waals surface area contributed by atoms with Gasteiger partial charge >= 0.3 is 0 Å². The van der Waals surface area contributed by atoms with Crippen LogP contribution in [0.4, 0.5) is 0 Å². The molecule has 0 aliphatic carbocycles. The summed E-state index contributed by atoms with van der Waals surface area (Å²) in [5.74, 6) is 1.11. The Morgan fingerprint density at radius 3 is 2.93 bits per heavy atom. The van der Waals surface area contributed by atoms with Gasteiger partial charge in [-0.25, -0.2) is 0 Å². The van der Waals surface area contributed by atoms with Crippen LogP contribution < -0.4 is 5.56 Å². The summed E-state index contributed by atoms with van der Waals surface area (Å²) in [4.78, 5) is 15.0. The van der Waals surface area contributed by atoms with E-state index in [1.807, 2.05) is 13.0 Å². The molecule has 1 aromatic heterocycles. The molecular weight excluding hydrogens is 194 g/mol. The monoisotopic (exact) mass is 211 g/mol. The molecule has 78 valence electrons. The van der Waals surface area contributed by atoms with E-state index in [0.717, 1.165) is 16.2 Å². The molecule has 0 aromatic carbocycles. The van der Waals surface area contributed by atoms with Crippen molar-refractivity contribution in [2.45, 2.75) is 38.0 Å². The average molecular weight is 211 g/mol. The molecule has 0 amide bonds. The zero-order valence-corrected chi connectivity index (χ0v) is 9.62. The number of H-pyrrole nitrogens is 1. The lowest BCUT2D eigenvalue weighted by Gasteiger charge is -2.03. The number of hydrogen-bond acceptors (Lipinski definition) is 2. The van der Waals surface area contributed by atoms with Crippen molar-refractivity contribution in [2.24, 2.45) is 0 Å². The quantitative estimate of drug-likeness (QED) is 0.600. The molecule has 14 heavy (non-hydrogen) atoms. The number of aromatic amines is 1. The number of nitrogens with one attached hydrogen (secondary N) is 1. The van der Waals surface area contributed by atoms with Crippen molar-refractivity contribution in [1.82, 2.24) is 4.98 Å². The number of aromatic nitrogens is 1. The first-order valence-electron chi connectivity index (χ1n) is 5.06. The third-order valence-electron chi connectivity index (χ3n) is 2.16. The van der Waals surface area contributed by atoms with Crippen LogP contribution in [0.25, 0.3) is 0 Å². The summed E-state index contributed by atoms with van der Waals surface area (Å²) >= 11 is 1.78. The summed E-state index contributed by atoms with van der Waals surface area (Å²) in [6.45, 7) is 4.07. The van der Waals surface area contributed by atoms with Crippen molar-refractivity contribution in [3.63, 3.8) is 0 Å². The number of rotatable bonds is 5. The molecule has 0 unspecified atom stereocenters. The molecule has 1 heterocycles. The third-order valence-corrected chi connectivity index (χ3v) is 3.41. The second kappa shape index (κ2) is 5.91. The summed E-state index contributed by atoms with van der Waals surface area (Å²) in [6, 6.07) is 1.98. The highest BCUT2D eigenvalue weighted by atomic mass is 32.2. The molecule has 0 atom stereocenters. The molecule has 0 spiro atoms. The van der Waals surface area contributed by atoms with Crippen LogP contribution in [0.3, 0.4) is 0 Å². The van der Waals surface area contributed by atoms with Gasteiger partial charge in [0.2, 0.25) is 0 Å². The van der Waals surface area contributed by atoms with Crippen LogP contribution in [0, 0.1) is 6.92 Å². The van der Waals surface area contributed by atoms with Gasteiger partial charge in [0.1, 0.15) is 0 Å². The van der Waals surface area contributed by atoms with Crippen LogP contribution in [0.2, 0.25) is 0 Å². The van der Waals surface area contributed by atoms with Crippen LogP contribution in [0.5, 0.6) is 0 Å². The molecule has 0 aliphatic rings. The molecule has 0 bridgehead atoms. The topological polar surface area (TPSA) is 32.9 Å². The maximum atomic E-state index is 11.3. The smallest absolute Gasteiger partial charge is 0.251 e. The Balaban J connectivity index is 2.51. The molecule has 0 saturated heterocycles. The first-order valence-corrected chi connectivity index (χ1v) is 6.05. The molecule has 1 aromatic rings. The molecule has 2 nitrogen and oxygen atoms in total. The highest BCUT2D eigenvalue weighted by Crippen LogP contribution is 2.20. The van der Waals surface area contributed by atoms with E-state index >= 15 is 0 Å². The van der Waals surface area contributed by atoms with Gasteiger partial charge in [-0.05, 0) is 25.2 Å². The Labute approximate surface area is 89.1 Å². The fraction of sp³-hybridized carbons (Fsp3) is 0.545. The molecule has 0 radical (unpaired) electrons. The summed E-state index contributed by atoms with van der Waals surface area (Å²) < 4.78 is 0. The highest BCUT2D eigenvalue weighted by Gasteiger charge is 2.01. The van der Waals surface area contributed by atoms with Crippen molar-refractivity contribution in [3.8, 4) is 0 Å². The van der Waals surface area contributed by atoms with Crippen LogP contribution in [0.1, 0.15) is 31.7 Å². The summed E-state index contributed by atoms with van der Waals surface area (Å²) in [5, 5.41) is 0. The largest absolute Gasteiger partial charge is 0.329 e. The zero-order valence-electron chi connectivity index (χ0n) is 8.80. The van der Waals surface area contributed by atoms with Gasteiger partial charge in [-0.1, -0.05) is 19.8 Å². The summed E-state index contributed by atoms with van der Waals surface area (Å²) in [7, 11) is 0. The lowest BCUT2D eigenvalue weighted by atomic mass is 10.3. The Morgan fingerprint density at radius 1 is 1.43 bits per heavy atom. The lowest BCUT2D eigenvalue weighted by Crippen LogP contribution is -2.08. The van der Waals surface area contributed by atoms with E-state index in [-0.39, 0.29) is 5.56 Å². The molecule has 3 heteroatoms. The number of pyridine rings is 1. The normalized spacial score (nSPS) is 10.4. The maximum Gasteiger partial charge on any atom is 0.251 e. The number of thioether (sulfide) groups is 1. The van der Waals surface area contributed by atoms with Gasteiger partial charge < -0.3 is 4.98 Å². The minimum Gasteiger partial charge on any atom is -0.329 e. The van der Waals surface area contributed by atoms with Crippen molar-refractivity contribution < 1.29 is 0 Å². The van der Waals surface area contributed by atoms with E-state index < -0.39 is 0 Å². The van der Waals surface area contributed by atoms with Crippen molar-refractivity contribution in [1.29, 1.82) is 0 Å². The Bertz CT molecular complexity index is 332. The van der Waals surface area contributed by atoms with Gasteiger partial charge in [0, 0.05) is 16.7 Å². The van der Waals surface area contributed by atoms with Gasteiger partial charge in [-0.2, -0.15) is 0 Å². The SMILES string of the molecule is CCCCCSc1cc[nH]c(=O)c1C. The van der Waals surface area contributed by atoms with E-state index in [1.54, 1.807) is 18.0 Å². The molecule has 0 saturated carbocycles. The van der Waals surface area contributed by atoms with Crippen LogP contribution >= 0.6 is 11.8 Å². The first kappa shape index (κ1) is 11.4. The second-order valence-corrected chi connectivity index (χ2v) is 4.49. The van der Waals surface area contributed by atoms with E-state index in [1.165, 1.54) is 19.3 Å². The zero-order chi connectivity index (χ0) is 10.4. The standard InChI is InChI=1S/C11H17NOS/c1-3-4-5-8-14-10-6-7-12-11(13)9(10)2/h6-7H,3-5,8H2,1-2H3,(H,12,13). The fourth-order valence-electron chi connectivity index (χ4n) is 1.23. The molecule has 1 N–H and O–H groups in total. The second-order valence-electron chi connectivity index (χ2n) is 3.35. The van der Waals surface area contributed by atoms with Crippen molar-refractivity contribution in [2.75, 3.05) is 5.75 Å². The maximum absolute atomic E-state index is 11.3. The summed E-state index contributed by atoms with van der Waals surface area (Å²) in [6.07, 6.45) is 5.47. The predicted molar refractivity (Wildman–Crippen MR) is 62.0 cm³/mol. The Hall–Kier alpha value is -0.700. The van der Waals surface area contributed by atoms with Gasteiger partial charge in [0.05, 0.1) is 0 Å². The molecule has 1 rings (SSSR count). The number of unbranched alkanes of at least 4 members (excludes halogenated alkanes) is 2. The van der Waals surface area contributed by atoms with Gasteiger partial charge in [-0.3, -0.25) is 4.79 Å². The van der Waals surface area contributed by atoms with E-state index in [4.69, 9.17) is 0 Å². The Morgan fingerprint density at radius 2 is 2.21 bits per heavy atom. The average Bonchev–Trinajstić information content (AvgIpc) is 2.19. The van der Waals surface area contributed by atoms with Crippen LogP contribution in [0.15, 0.2) is 22.0 Å². The molecule has 0 aliphatic heterocycles. The predicted octanol–water partition coefficient (Wildman–Crippen LogP) is 2.97. The van der Waals surface area contributed by atoms with E-state index in [0.29, 0.717) is 0 Å². The minimum absolute atomic E-state index is 0.0329. The summed E-state index contributed by atoms with van der Waals surface area (Å²) in [5.41, 5.74) is 0.875.